The number of carbonyl (C=O) groups excluding carboxylic acids is 2. The van der Waals surface area contributed by atoms with Crippen LogP contribution in [0.3, 0.4) is 0 Å². The van der Waals surface area contributed by atoms with Gasteiger partial charge in [-0.15, -0.1) is 0 Å². The van der Waals surface area contributed by atoms with Crippen molar-refractivity contribution in [1.82, 2.24) is 4.98 Å². The Morgan fingerprint density at radius 2 is 2.05 bits per heavy atom. The van der Waals surface area contributed by atoms with Crippen molar-refractivity contribution in [2.75, 3.05) is 5.32 Å². The van der Waals surface area contributed by atoms with Crippen LogP contribution in [0.15, 0.2) is 22.8 Å². The monoisotopic (exact) mass is 328 g/mol. The Kier molecular flexibility index (Phi) is 5.47. The van der Waals surface area contributed by atoms with Gasteiger partial charge in [-0.2, -0.15) is 0 Å². The van der Waals surface area contributed by atoms with E-state index in [0.29, 0.717) is 10.3 Å². The van der Waals surface area contributed by atoms with E-state index in [1.54, 1.807) is 39.1 Å². The fourth-order valence-corrected chi connectivity index (χ4v) is 1.63. The average Bonchev–Trinajstić information content (AvgIpc) is 2.27. The first-order valence-electron chi connectivity index (χ1n) is 5.90. The number of anilines is 1. The number of nitrogens with zero attached hydrogens (tertiary/aromatic N) is 1. The van der Waals surface area contributed by atoms with Gasteiger partial charge in [0.25, 0.3) is 0 Å². The summed E-state index contributed by atoms with van der Waals surface area (Å²) in [5.74, 6) is -0.218. The van der Waals surface area contributed by atoms with Crippen molar-refractivity contribution in [3.63, 3.8) is 0 Å². The molecule has 0 fully saturated rings. The van der Waals surface area contributed by atoms with Crippen LogP contribution in [0, 0.1) is 0 Å². The van der Waals surface area contributed by atoms with Gasteiger partial charge in [-0.3, -0.25) is 9.59 Å². The molecule has 0 saturated heterocycles. The lowest BCUT2D eigenvalue weighted by Crippen LogP contribution is -2.24. The van der Waals surface area contributed by atoms with Crippen LogP contribution in [0.4, 0.5) is 5.82 Å². The number of ether oxygens (including phenoxy) is 1. The summed E-state index contributed by atoms with van der Waals surface area (Å²) >= 11 is 3.28. The quantitative estimate of drug-likeness (QED) is 0.863. The van der Waals surface area contributed by atoms with E-state index in [-0.39, 0.29) is 24.7 Å². The highest BCUT2D eigenvalue weighted by Gasteiger charge is 2.17. The van der Waals surface area contributed by atoms with Crippen molar-refractivity contribution in [3.8, 4) is 0 Å². The Balaban J connectivity index is 2.41. The Bertz CT molecular complexity index is 469. The van der Waals surface area contributed by atoms with Crippen LogP contribution in [0.25, 0.3) is 0 Å². The molecule has 1 N–H and O–H groups in total. The van der Waals surface area contributed by atoms with Gasteiger partial charge in [0.2, 0.25) is 5.91 Å². The van der Waals surface area contributed by atoms with Gasteiger partial charge in [0.15, 0.2) is 0 Å². The summed E-state index contributed by atoms with van der Waals surface area (Å²) in [6.45, 7) is 5.36. The molecule has 1 aromatic heterocycles. The molecule has 0 bridgehead atoms. The number of halogens is 1. The minimum absolute atomic E-state index is 0.0492. The Hall–Kier alpha value is -1.43. The van der Waals surface area contributed by atoms with Crippen molar-refractivity contribution >= 4 is 33.6 Å². The third-order valence-corrected chi connectivity index (χ3v) is 2.63. The number of hydrogen-bond donors (Lipinski definition) is 1. The molecule has 1 aromatic rings. The van der Waals surface area contributed by atoms with Crippen LogP contribution in [0.5, 0.6) is 0 Å². The predicted molar refractivity (Wildman–Crippen MR) is 75.6 cm³/mol. The maximum Gasteiger partial charge on any atom is 0.306 e. The number of esters is 1. The Morgan fingerprint density at radius 1 is 1.37 bits per heavy atom. The van der Waals surface area contributed by atoms with Crippen molar-refractivity contribution in [2.24, 2.45) is 0 Å². The first-order chi connectivity index (χ1) is 8.78. The summed E-state index contributed by atoms with van der Waals surface area (Å²) in [6, 6.07) is 3.52. The molecular weight excluding hydrogens is 312 g/mol. The number of pyridine rings is 1. The highest BCUT2D eigenvalue weighted by Crippen LogP contribution is 2.18. The summed E-state index contributed by atoms with van der Waals surface area (Å²) in [7, 11) is 0. The van der Waals surface area contributed by atoms with Crippen LogP contribution >= 0.6 is 15.9 Å². The first kappa shape index (κ1) is 15.6. The van der Waals surface area contributed by atoms with Crippen LogP contribution in [-0.4, -0.2) is 22.5 Å². The minimum Gasteiger partial charge on any atom is -0.460 e. The summed E-state index contributed by atoms with van der Waals surface area (Å²) in [6.07, 6.45) is 1.69. The third kappa shape index (κ3) is 6.33. The molecule has 0 saturated carbocycles. The molecule has 0 aliphatic heterocycles. The summed E-state index contributed by atoms with van der Waals surface area (Å²) in [5.41, 5.74) is -0.530. The zero-order chi connectivity index (χ0) is 14.5. The predicted octanol–water partition coefficient (Wildman–Crippen LogP) is 2.90. The molecule has 6 heteroatoms. The van der Waals surface area contributed by atoms with Gasteiger partial charge in [-0.1, -0.05) is 0 Å². The van der Waals surface area contributed by atoms with E-state index in [2.05, 4.69) is 26.2 Å². The molecule has 0 atom stereocenters. The highest BCUT2D eigenvalue weighted by molar-refractivity contribution is 9.10. The number of aromatic nitrogens is 1. The molecular formula is C13H17BrN2O3. The minimum atomic E-state index is -0.530. The normalized spacial score (nSPS) is 10.9. The van der Waals surface area contributed by atoms with Crippen LogP contribution in [0.1, 0.15) is 33.6 Å². The summed E-state index contributed by atoms with van der Waals surface area (Å²) in [5, 5.41) is 2.62. The molecule has 0 aliphatic carbocycles. The lowest BCUT2D eigenvalue weighted by Gasteiger charge is -2.19. The van der Waals surface area contributed by atoms with Gasteiger partial charge >= 0.3 is 5.97 Å². The number of carbonyl (C=O) groups is 2. The molecule has 104 valence electrons. The maximum absolute atomic E-state index is 11.7. The second-order valence-electron chi connectivity index (χ2n) is 4.97. The van der Waals surface area contributed by atoms with E-state index >= 15 is 0 Å². The molecule has 5 nitrogen and oxygen atoms in total. The summed E-state index contributed by atoms with van der Waals surface area (Å²) in [4.78, 5) is 27.1. The Morgan fingerprint density at radius 3 is 2.63 bits per heavy atom. The van der Waals surface area contributed by atoms with Crippen molar-refractivity contribution in [2.45, 2.75) is 39.2 Å². The third-order valence-electron chi connectivity index (χ3n) is 1.99. The number of amides is 1. The molecule has 19 heavy (non-hydrogen) atoms. The van der Waals surface area contributed by atoms with E-state index < -0.39 is 5.60 Å². The molecule has 0 aliphatic rings. The van der Waals surface area contributed by atoms with E-state index in [1.807, 2.05) is 0 Å². The van der Waals surface area contributed by atoms with E-state index in [4.69, 9.17) is 4.74 Å². The SMILES string of the molecule is CC(C)(C)OC(=O)CCC(=O)Nc1ncccc1Br. The van der Waals surface area contributed by atoms with Gasteiger partial charge < -0.3 is 10.1 Å². The maximum atomic E-state index is 11.7. The van der Waals surface area contributed by atoms with Crippen LogP contribution in [0.2, 0.25) is 0 Å². The Labute approximate surface area is 120 Å². The van der Waals surface area contributed by atoms with Crippen molar-refractivity contribution < 1.29 is 14.3 Å². The zero-order valence-electron chi connectivity index (χ0n) is 11.2. The van der Waals surface area contributed by atoms with Crippen LogP contribution < -0.4 is 5.32 Å². The topological polar surface area (TPSA) is 68.3 Å². The van der Waals surface area contributed by atoms with Crippen LogP contribution in [-0.2, 0) is 14.3 Å². The van der Waals surface area contributed by atoms with E-state index in [1.165, 1.54) is 0 Å². The molecule has 0 unspecified atom stereocenters. The zero-order valence-corrected chi connectivity index (χ0v) is 12.8. The van der Waals surface area contributed by atoms with Crippen molar-refractivity contribution in [1.29, 1.82) is 0 Å². The fraction of sp³-hybridized carbons (Fsp3) is 0.462. The molecule has 1 amide bonds. The average molecular weight is 329 g/mol. The molecule has 0 radical (unpaired) electrons. The molecule has 0 spiro atoms. The van der Waals surface area contributed by atoms with Gasteiger partial charge in [-0.05, 0) is 48.8 Å². The van der Waals surface area contributed by atoms with E-state index in [9.17, 15) is 9.59 Å². The lowest BCUT2D eigenvalue weighted by molar-refractivity contribution is -0.155. The number of rotatable bonds is 4. The van der Waals surface area contributed by atoms with Gasteiger partial charge in [0.1, 0.15) is 11.4 Å². The second kappa shape index (κ2) is 6.65. The van der Waals surface area contributed by atoms with Gasteiger partial charge in [-0.25, -0.2) is 4.98 Å². The standard InChI is InChI=1S/C13H17BrN2O3/c1-13(2,3)19-11(18)7-6-10(17)16-12-9(14)5-4-8-15-12/h4-5,8H,6-7H2,1-3H3,(H,15,16,17). The van der Waals surface area contributed by atoms with E-state index in [0.717, 1.165) is 0 Å². The molecule has 0 aromatic carbocycles. The summed E-state index contributed by atoms with van der Waals surface area (Å²) < 4.78 is 5.81. The van der Waals surface area contributed by atoms with Gasteiger partial charge in [0, 0.05) is 12.6 Å². The largest absolute Gasteiger partial charge is 0.460 e. The number of hydrogen-bond acceptors (Lipinski definition) is 4. The lowest BCUT2D eigenvalue weighted by atomic mass is 10.2. The highest BCUT2D eigenvalue weighted by atomic mass is 79.9. The second-order valence-corrected chi connectivity index (χ2v) is 5.82. The smallest absolute Gasteiger partial charge is 0.306 e. The first-order valence-corrected chi connectivity index (χ1v) is 6.69. The van der Waals surface area contributed by atoms with Crippen molar-refractivity contribution in [3.05, 3.63) is 22.8 Å². The fourth-order valence-electron chi connectivity index (χ4n) is 1.28. The molecule has 1 heterocycles. The van der Waals surface area contributed by atoms with Gasteiger partial charge in [0.05, 0.1) is 10.9 Å². The number of nitrogens with one attached hydrogen (secondary N) is 1. The molecule has 1 rings (SSSR count).